The lowest BCUT2D eigenvalue weighted by Gasteiger charge is -2.05. The summed E-state index contributed by atoms with van der Waals surface area (Å²) in [6.07, 6.45) is 0. The van der Waals surface area contributed by atoms with Gasteiger partial charge in [-0.3, -0.25) is 4.79 Å². The van der Waals surface area contributed by atoms with Gasteiger partial charge in [0.1, 0.15) is 7.85 Å². The second kappa shape index (κ2) is 5.80. The van der Waals surface area contributed by atoms with Gasteiger partial charge in [0.15, 0.2) is 5.78 Å². The Morgan fingerprint density at radius 2 is 1.10 bits per heavy atom. The van der Waals surface area contributed by atoms with Gasteiger partial charge < -0.3 is 0 Å². The minimum Gasteiger partial charge on any atom is -0.289 e. The predicted octanol–water partition coefficient (Wildman–Crippen LogP) is 2.84. The van der Waals surface area contributed by atoms with Gasteiger partial charge in [0.05, 0.1) is 0 Å². The monoisotopic (exact) mass is 270 g/mol. The summed E-state index contributed by atoms with van der Waals surface area (Å²) >= 11 is 0. The van der Waals surface area contributed by atoms with Crippen LogP contribution in [0.15, 0.2) is 78.9 Å². The molecular formula is C19H15BO. The molecule has 3 aromatic carbocycles. The van der Waals surface area contributed by atoms with E-state index < -0.39 is 0 Å². The van der Waals surface area contributed by atoms with Gasteiger partial charge in [0, 0.05) is 11.1 Å². The van der Waals surface area contributed by atoms with Crippen molar-refractivity contribution >= 4 is 19.1 Å². The lowest BCUT2D eigenvalue weighted by atomic mass is 9.93. The highest BCUT2D eigenvalue weighted by Crippen LogP contribution is 2.20. The lowest BCUT2D eigenvalue weighted by molar-refractivity contribution is 0.103. The van der Waals surface area contributed by atoms with Gasteiger partial charge in [0.2, 0.25) is 0 Å². The maximum atomic E-state index is 12.3. The first-order chi connectivity index (χ1) is 10.2. The first-order valence-corrected chi connectivity index (χ1v) is 7.01. The van der Waals surface area contributed by atoms with Crippen molar-refractivity contribution in [3.05, 3.63) is 90.0 Å². The van der Waals surface area contributed by atoms with Crippen molar-refractivity contribution in [3.8, 4) is 11.1 Å². The van der Waals surface area contributed by atoms with Gasteiger partial charge in [-0.2, -0.15) is 0 Å². The lowest BCUT2D eigenvalue weighted by Crippen LogP contribution is -2.01. The van der Waals surface area contributed by atoms with E-state index >= 15 is 0 Å². The Morgan fingerprint density at radius 3 is 1.67 bits per heavy atom. The van der Waals surface area contributed by atoms with Crippen molar-refractivity contribution in [2.24, 2.45) is 0 Å². The van der Waals surface area contributed by atoms with E-state index in [-0.39, 0.29) is 5.78 Å². The normalized spacial score (nSPS) is 10.3. The molecule has 0 radical (unpaired) electrons. The van der Waals surface area contributed by atoms with Crippen LogP contribution in [0.4, 0.5) is 0 Å². The van der Waals surface area contributed by atoms with Crippen LogP contribution >= 0.6 is 0 Å². The smallest absolute Gasteiger partial charge is 0.193 e. The van der Waals surface area contributed by atoms with Crippen molar-refractivity contribution in [1.82, 2.24) is 0 Å². The van der Waals surface area contributed by atoms with Crippen molar-refractivity contribution < 1.29 is 4.79 Å². The molecule has 0 amide bonds. The Hall–Kier alpha value is -2.61. The fourth-order valence-corrected chi connectivity index (χ4v) is 2.32. The molecule has 1 nitrogen and oxygen atoms in total. The third kappa shape index (κ3) is 2.95. The maximum Gasteiger partial charge on any atom is 0.193 e. The third-order valence-electron chi connectivity index (χ3n) is 3.57. The minimum atomic E-state index is 0.0612. The van der Waals surface area contributed by atoms with Crippen LogP contribution in [0.3, 0.4) is 0 Å². The van der Waals surface area contributed by atoms with Crippen molar-refractivity contribution in [2.45, 2.75) is 0 Å². The van der Waals surface area contributed by atoms with Gasteiger partial charge in [-0.25, -0.2) is 0 Å². The number of rotatable bonds is 3. The molecule has 0 fully saturated rings. The zero-order valence-corrected chi connectivity index (χ0v) is 11.9. The summed E-state index contributed by atoms with van der Waals surface area (Å²) in [4.78, 5) is 12.3. The van der Waals surface area contributed by atoms with E-state index in [9.17, 15) is 4.79 Å². The molecule has 0 N–H and O–H groups in total. The molecule has 0 aliphatic heterocycles. The van der Waals surface area contributed by atoms with E-state index in [4.69, 9.17) is 0 Å². The average Bonchev–Trinajstić information content (AvgIpc) is 2.56. The Bertz CT molecular complexity index is 744. The highest BCUT2D eigenvalue weighted by atomic mass is 16.1. The molecule has 0 aromatic heterocycles. The quantitative estimate of drug-likeness (QED) is 0.528. The second-order valence-corrected chi connectivity index (χ2v) is 5.14. The summed E-state index contributed by atoms with van der Waals surface area (Å²) in [6, 6.07) is 25.5. The fourth-order valence-electron chi connectivity index (χ4n) is 2.32. The number of carbonyl (C=O) groups excluding carboxylic acids is 1. The SMILES string of the molecule is Bc1ccc(-c2ccc(C(=O)c3ccccc3)cc2)cc1. The molecule has 3 aromatic rings. The first-order valence-electron chi connectivity index (χ1n) is 7.01. The average molecular weight is 270 g/mol. The second-order valence-electron chi connectivity index (χ2n) is 5.14. The molecule has 100 valence electrons. The molecule has 2 heteroatoms. The molecule has 0 saturated heterocycles. The predicted molar refractivity (Wildman–Crippen MR) is 89.9 cm³/mol. The van der Waals surface area contributed by atoms with E-state index in [1.165, 1.54) is 11.0 Å². The van der Waals surface area contributed by atoms with Crippen LogP contribution in [0.1, 0.15) is 15.9 Å². The summed E-state index contributed by atoms with van der Waals surface area (Å²) in [5, 5.41) is 0. The van der Waals surface area contributed by atoms with Crippen LogP contribution in [0.5, 0.6) is 0 Å². The van der Waals surface area contributed by atoms with Crippen molar-refractivity contribution in [3.63, 3.8) is 0 Å². The zero-order valence-electron chi connectivity index (χ0n) is 11.9. The summed E-state index contributed by atoms with van der Waals surface area (Å²) in [5.74, 6) is 0.0612. The third-order valence-corrected chi connectivity index (χ3v) is 3.57. The van der Waals surface area contributed by atoms with Crippen LogP contribution in [0.25, 0.3) is 11.1 Å². The zero-order chi connectivity index (χ0) is 14.7. The van der Waals surface area contributed by atoms with Crippen molar-refractivity contribution in [2.75, 3.05) is 0 Å². The molecule has 21 heavy (non-hydrogen) atoms. The minimum absolute atomic E-state index is 0.0612. The summed E-state index contributed by atoms with van der Waals surface area (Å²) in [5.41, 5.74) is 4.98. The Morgan fingerprint density at radius 1 is 0.619 bits per heavy atom. The van der Waals surface area contributed by atoms with E-state index in [1.807, 2.05) is 54.6 Å². The molecule has 0 spiro atoms. The van der Waals surface area contributed by atoms with Gasteiger partial charge in [-0.1, -0.05) is 84.3 Å². The van der Waals surface area contributed by atoms with Gasteiger partial charge in [-0.15, -0.1) is 0 Å². The molecular weight excluding hydrogens is 255 g/mol. The molecule has 3 rings (SSSR count). The Labute approximate surface area is 125 Å². The molecule has 0 heterocycles. The van der Waals surface area contributed by atoms with Gasteiger partial charge in [0.25, 0.3) is 0 Å². The summed E-state index contributed by atoms with van der Waals surface area (Å²) < 4.78 is 0. The number of ketones is 1. The van der Waals surface area contributed by atoms with Crippen LogP contribution in [0, 0.1) is 0 Å². The van der Waals surface area contributed by atoms with E-state index in [0.717, 1.165) is 16.7 Å². The number of hydrogen-bond acceptors (Lipinski definition) is 1. The van der Waals surface area contributed by atoms with Crippen LogP contribution < -0.4 is 5.46 Å². The summed E-state index contributed by atoms with van der Waals surface area (Å²) in [7, 11) is 2.07. The molecule has 0 saturated carbocycles. The van der Waals surface area contributed by atoms with Crippen LogP contribution in [0.2, 0.25) is 0 Å². The molecule has 0 bridgehead atoms. The summed E-state index contributed by atoms with van der Waals surface area (Å²) in [6.45, 7) is 0. The number of hydrogen-bond donors (Lipinski definition) is 0. The molecule has 0 aliphatic carbocycles. The van der Waals surface area contributed by atoms with Gasteiger partial charge in [-0.05, 0) is 11.1 Å². The van der Waals surface area contributed by atoms with E-state index in [1.54, 1.807) is 0 Å². The Balaban J connectivity index is 1.87. The Kier molecular flexibility index (Phi) is 3.70. The largest absolute Gasteiger partial charge is 0.289 e. The van der Waals surface area contributed by atoms with Crippen LogP contribution in [-0.4, -0.2) is 13.6 Å². The maximum absolute atomic E-state index is 12.3. The number of carbonyl (C=O) groups is 1. The molecule has 0 aliphatic rings. The molecule has 0 atom stereocenters. The van der Waals surface area contributed by atoms with Crippen LogP contribution in [-0.2, 0) is 0 Å². The fraction of sp³-hybridized carbons (Fsp3) is 0. The van der Waals surface area contributed by atoms with Crippen molar-refractivity contribution in [1.29, 1.82) is 0 Å². The highest BCUT2D eigenvalue weighted by molar-refractivity contribution is 6.32. The van der Waals surface area contributed by atoms with Gasteiger partial charge >= 0.3 is 0 Å². The first kappa shape index (κ1) is 13.4. The standard InChI is InChI=1S/C19H15BO/c20-18-12-10-15(11-13-18)14-6-8-17(9-7-14)19(21)16-4-2-1-3-5-16/h1-13H,20H2. The number of benzene rings is 3. The highest BCUT2D eigenvalue weighted by Gasteiger charge is 2.08. The van der Waals surface area contributed by atoms with E-state index in [2.05, 4.69) is 32.1 Å². The molecule has 0 unspecified atom stereocenters. The topological polar surface area (TPSA) is 17.1 Å². The van der Waals surface area contributed by atoms with E-state index in [0.29, 0.717) is 0 Å².